The summed E-state index contributed by atoms with van der Waals surface area (Å²) in [5.74, 6) is 0. The van der Waals surface area contributed by atoms with Gasteiger partial charge in [-0.3, -0.25) is 0 Å². The number of hydrogen-bond donors (Lipinski definition) is 1. The molecular formula is C15H24ClN3O2S. The molecule has 2 rings (SSSR count). The zero-order valence-electron chi connectivity index (χ0n) is 13.0. The van der Waals surface area contributed by atoms with E-state index >= 15 is 0 Å². The first-order chi connectivity index (χ1) is 10.5. The van der Waals surface area contributed by atoms with Gasteiger partial charge in [-0.25, -0.2) is 13.1 Å². The van der Waals surface area contributed by atoms with Crippen LogP contribution in [0, 0.1) is 0 Å². The lowest BCUT2D eigenvalue weighted by Gasteiger charge is -2.32. The van der Waals surface area contributed by atoms with E-state index in [1.54, 1.807) is 18.2 Å². The molecule has 1 heterocycles. The Bertz CT molecular complexity index is 572. The number of halogens is 1. The van der Waals surface area contributed by atoms with Crippen LogP contribution < -0.4 is 4.72 Å². The first-order valence-corrected chi connectivity index (χ1v) is 9.49. The van der Waals surface area contributed by atoms with E-state index in [-0.39, 0.29) is 4.90 Å². The molecule has 124 valence electrons. The summed E-state index contributed by atoms with van der Waals surface area (Å²) >= 11 is 5.83. The number of piperazine rings is 1. The maximum Gasteiger partial charge on any atom is 0.240 e. The van der Waals surface area contributed by atoms with Crippen LogP contribution in [0.25, 0.3) is 0 Å². The quantitative estimate of drug-likeness (QED) is 0.763. The van der Waals surface area contributed by atoms with Crippen molar-refractivity contribution in [3.05, 3.63) is 29.3 Å². The number of sulfonamides is 1. The normalized spacial score (nSPS) is 17.7. The Kier molecular flexibility index (Phi) is 6.65. The number of nitrogens with zero attached hydrogens (tertiary/aromatic N) is 2. The Labute approximate surface area is 138 Å². The highest BCUT2D eigenvalue weighted by Gasteiger charge is 2.15. The summed E-state index contributed by atoms with van der Waals surface area (Å²) in [5, 5.41) is 0.429. The van der Waals surface area contributed by atoms with Gasteiger partial charge in [0.25, 0.3) is 0 Å². The van der Waals surface area contributed by atoms with Gasteiger partial charge in [-0.2, -0.15) is 0 Å². The molecule has 1 N–H and O–H groups in total. The van der Waals surface area contributed by atoms with Gasteiger partial charge in [-0.15, -0.1) is 0 Å². The van der Waals surface area contributed by atoms with Crippen LogP contribution in [0.1, 0.15) is 12.8 Å². The van der Waals surface area contributed by atoms with Crippen molar-refractivity contribution in [2.24, 2.45) is 0 Å². The Morgan fingerprint density at radius 2 is 1.91 bits per heavy atom. The summed E-state index contributed by atoms with van der Waals surface area (Å²) in [6.07, 6.45) is 1.84. The molecule has 1 aromatic rings. The minimum absolute atomic E-state index is 0.221. The molecule has 0 unspecified atom stereocenters. The molecule has 0 amide bonds. The highest BCUT2D eigenvalue weighted by molar-refractivity contribution is 7.89. The van der Waals surface area contributed by atoms with Gasteiger partial charge in [-0.05, 0) is 44.6 Å². The van der Waals surface area contributed by atoms with Crippen molar-refractivity contribution in [2.75, 3.05) is 46.3 Å². The van der Waals surface area contributed by atoms with Gasteiger partial charge in [0.2, 0.25) is 10.0 Å². The number of hydrogen-bond acceptors (Lipinski definition) is 4. The molecule has 5 nitrogen and oxygen atoms in total. The molecule has 22 heavy (non-hydrogen) atoms. The van der Waals surface area contributed by atoms with Gasteiger partial charge < -0.3 is 9.80 Å². The number of benzene rings is 1. The molecular weight excluding hydrogens is 322 g/mol. The molecule has 1 saturated heterocycles. The smallest absolute Gasteiger partial charge is 0.240 e. The third-order valence-electron chi connectivity index (χ3n) is 3.90. The maximum atomic E-state index is 12.1. The monoisotopic (exact) mass is 345 g/mol. The molecule has 1 aliphatic rings. The van der Waals surface area contributed by atoms with Crippen molar-refractivity contribution in [3.8, 4) is 0 Å². The minimum Gasteiger partial charge on any atom is -0.304 e. The standard InChI is InChI=1S/C15H24ClN3O2S/c1-18-9-11-19(12-10-18)8-3-2-7-17-22(20,21)15-6-4-5-14(16)13-15/h4-6,13,17H,2-3,7-12H2,1H3. The topological polar surface area (TPSA) is 52.6 Å². The molecule has 0 radical (unpaired) electrons. The van der Waals surface area contributed by atoms with Gasteiger partial charge in [0.05, 0.1) is 4.90 Å². The number of nitrogens with one attached hydrogen (secondary N) is 1. The Morgan fingerprint density at radius 1 is 1.18 bits per heavy atom. The maximum absolute atomic E-state index is 12.1. The lowest BCUT2D eigenvalue weighted by atomic mass is 10.2. The number of likely N-dealkylation sites (N-methyl/N-ethyl adjacent to an activating group) is 1. The Balaban J connectivity index is 1.68. The van der Waals surface area contributed by atoms with Gasteiger partial charge in [0.1, 0.15) is 0 Å². The Morgan fingerprint density at radius 3 is 2.59 bits per heavy atom. The van der Waals surface area contributed by atoms with Crippen LogP contribution in [0.3, 0.4) is 0 Å². The van der Waals surface area contributed by atoms with Crippen LogP contribution in [-0.2, 0) is 10.0 Å². The second-order valence-electron chi connectivity index (χ2n) is 5.71. The van der Waals surface area contributed by atoms with Crippen LogP contribution in [0.15, 0.2) is 29.2 Å². The highest BCUT2D eigenvalue weighted by Crippen LogP contribution is 2.15. The fraction of sp³-hybridized carbons (Fsp3) is 0.600. The van der Waals surface area contributed by atoms with E-state index in [1.807, 2.05) is 0 Å². The molecule has 0 spiro atoms. The van der Waals surface area contributed by atoms with Crippen molar-refractivity contribution in [1.29, 1.82) is 0 Å². The lowest BCUT2D eigenvalue weighted by Crippen LogP contribution is -2.44. The van der Waals surface area contributed by atoms with Crippen LogP contribution in [0.2, 0.25) is 5.02 Å². The summed E-state index contributed by atoms with van der Waals surface area (Å²) < 4.78 is 26.8. The summed E-state index contributed by atoms with van der Waals surface area (Å²) in [5.41, 5.74) is 0. The average Bonchev–Trinajstić information content (AvgIpc) is 2.49. The summed E-state index contributed by atoms with van der Waals surface area (Å²) in [6, 6.07) is 6.33. The van der Waals surface area contributed by atoms with Crippen molar-refractivity contribution >= 4 is 21.6 Å². The van der Waals surface area contributed by atoms with Gasteiger partial charge >= 0.3 is 0 Å². The fourth-order valence-electron chi connectivity index (χ4n) is 2.46. The van der Waals surface area contributed by atoms with Crippen LogP contribution >= 0.6 is 11.6 Å². The van der Waals surface area contributed by atoms with E-state index in [4.69, 9.17) is 11.6 Å². The highest BCUT2D eigenvalue weighted by atomic mass is 35.5. The molecule has 1 fully saturated rings. The summed E-state index contributed by atoms with van der Waals surface area (Å²) in [6.45, 7) is 5.92. The minimum atomic E-state index is -3.45. The van der Waals surface area contributed by atoms with Crippen LogP contribution in [0.4, 0.5) is 0 Å². The van der Waals surface area contributed by atoms with Crippen molar-refractivity contribution < 1.29 is 8.42 Å². The molecule has 0 aromatic heterocycles. The first kappa shape index (κ1) is 17.7. The van der Waals surface area contributed by atoms with Gasteiger partial charge in [0, 0.05) is 37.7 Å². The molecule has 1 aromatic carbocycles. The lowest BCUT2D eigenvalue weighted by molar-refractivity contribution is 0.152. The van der Waals surface area contributed by atoms with Crippen molar-refractivity contribution in [3.63, 3.8) is 0 Å². The average molecular weight is 346 g/mol. The van der Waals surface area contributed by atoms with E-state index in [9.17, 15) is 8.42 Å². The third-order valence-corrected chi connectivity index (χ3v) is 5.59. The number of unbranched alkanes of at least 4 members (excludes halogenated alkanes) is 1. The first-order valence-electron chi connectivity index (χ1n) is 7.63. The summed E-state index contributed by atoms with van der Waals surface area (Å²) in [4.78, 5) is 4.99. The zero-order chi connectivity index (χ0) is 16.0. The van der Waals surface area contributed by atoms with Crippen LogP contribution in [0.5, 0.6) is 0 Å². The molecule has 0 atom stereocenters. The molecule has 0 aliphatic carbocycles. The number of rotatable bonds is 7. The van der Waals surface area contributed by atoms with Gasteiger partial charge in [0.15, 0.2) is 0 Å². The molecule has 7 heteroatoms. The van der Waals surface area contributed by atoms with Crippen molar-refractivity contribution in [2.45, 2.75) is 17.7 Å². The SMILES string of the molecule is CN1CCN(CCCCNS(=O)(=O)c2cccc(Cl)c2)CC1. The third kappa shape index (κ3) is 5.52. The molecule has 1 aliphatic heterocycles. The zero-order valence-corrected chi connectivity index (χ0v) is 14.5. The van der Waals surface area contributed by atoms with E-state index in [0.717, 1.165) is 45.6 Å². The van der Waals surface area contributed by atoms with E-state index in [2.05, 4.69) is 21.6 Å². The summed E-state index contributed by atoms with van der Waals surface area (Å²) in [7, 11) is -1.31. The van der Waals surface area contributed by atoms with Crippen molar-refractivity contribution in [1.82, 2.24) is 14.5 Å². The second-order valence-corrected chi connectivity index (χ2v) is 7.91. The Hall–Kier alpha value is -0.660. The van der Waals surface area contributed by atoms with E-state index in [1.165, 1.54) is 6.07 Å². The second kappa shape index (κ2) is 8.26. The van der Waals surface area contributed by atoms with E-state index < -0.39 is 10.0 Å². The molecule has 0 bridgehead atoms. The predicted molar refractivity (Wildman–Crippen MR) is 89.8 cm³/mol. The van der Waals surface area contributed by atoms with Crippen LogP contribution in [-0.4, -0.2) is 64.5 Å². The van der Waals surface area contributed by atoms with E-state index in [0.29, 0.717) is 11.6 Å². The fourth-order valence-corrected chi connectivity index (χ4v) is 3.83. The predicted octanol–water partition coefficient (Wildman–Crippen LogP) is 1.65. The molecule has 0 saturated carbocycles. The van der Waals surface area contributed by atoms with Gasteiger partial charge in [-0.1, -0.05) is 17.7 Å². The largest absolute Gasteiger partial charge is 0.304 e.